The predicted octanol–water partition coefficient (Wildman–Crippen LogP) is 1.41. The maximum Gasteiger partial charge on any atom is 0.0762 e. The Labute approximate surface area is 101 Å². The van der Waals surface area contributed by atoms with Gasteiger partial charge in [0.05, 0.1) is 11.9 Å². The van der Waals surface area contributed by atoms with Gasteiger partial charge in [0.2, 0.25) is 0 Å². The van der Waals surface area contributed by atoms with Crippen LogP contribution in [0.5, 0.6) is 0 Å². The summed E-state index contributed by atoms with van der Waals surface area (Å²) < 4.78 is 3.87. The molecule has 0 aromatic carbocycles. The second kappa shape index (κ2) is 5.63. The van der Waals surface area contributed by atoms with E-state index in [-0.39, 0.29) is 0 Å². The Morgan fingerprint density at radius 2 is 2.00 bits per heavy atom. The summed E-state index contributed by atoms with van der Waals surface area (Å²) in [4.78, 5) is 0. The molecule has 17 heavy (non-hydrogen) atoms. The molecule has 2 heterocycles. The van der Waals surface area contributed by atoms with E-state index in [4.69, 9.17) is 0 Å². The van der Waals surface area contributed by atoms with Crippen LogP contribution in [0.3, 0.4) is 0 Å². The van der Waals surface area contributed by atoms with Crippen LogP contribution in [0, 0.1) is 0 Å². The number of nitrogens with zero attached hydrogens (tertiary/aromatic N) is 4. The van der Waals surface area contributed by atoms with E-state index in [9.17, 15) is 0 Å². The van der Waals surface area contributed by atoms with Gasteiger partial charge < -0.3 is 5.32 Å². The standard InChI is InChI=1S/C12H19N5/c1-3-16-6-5-12(15-16)9-13-7-11-8-14-17(4-2)10-11/h5-6,8,10,13H,3-4,7,9H2,1-2H3. The predicted molar refractivity (Wildman–Crippen MR) is 66.3 cm³/mol. The first kappa shape index (κ1) is 11.9. The van der Waals surface area contributed by atoms with Gasteiger partial charge in [-0.25, -0.2) is 0 Å². The third-order valence-electron chi connectivity index (χ3n) is 2.67. The summed E-state index contributed by atoms with van der Waals surface area (Å²) in [6, 6.07) is 2.05. The molecule has 92 valence electrons. The van der Waals surface area contributed by atoms with Gasteiger partial charge in [0.25, 0.3) is 0 Å². The van der Waals surface area contributed by atoms with E-state index in [1.807, 2.05) is 27.8 Å². The molecule has 1 N–H and O–H groups in total. The maximum atomic E-state index is 4.41. The number of rotatable bonds is 6. The van der Waals surface area contributed by atoms with Crippen LogP contribution in [-0.2, 0) is 26.2 Å². The molecule has 0 radical (unpaired) electrons. The van der Waals surface area contributed by atoms with E-state index in [0.29, 0.717) is 0 Å². The Morgan fingerprint density at radius 1 is 1.18 bits per heavy atom. The quantitative estimate of drug-likeness (QED) is 0.820. The lowest BCUT2D eigenvalue weighted by Crippen LogP contribution is -2.13. The molecule has 0 aliphatic carbocycles. The third-order valence-corrected chi connectivity index (χ3v) is 2.67. The van der Waals surface area contributed by atoms with Crippen molar-refractivity contribution in [2.75, 3.05) is 0 Å². The van der Waals surface area contributed by atoms with E-state index in [1.165, 1.54) is 5.56 Å². The first-order valence-corrected chi connectivity index (χ1v) is 6.06. The molecule has 5 heteroatoms. The molecule has 2 rings (SSSR count). The van der Waals surface area contributed by atoms with E-state index < -0.39 is 0 Å². The summed E-state index contributed by atoms with van der Waals surface area (Å²) in [6.07, 6.45) is 5.98. The van der Waals surface area contributed by atoms with Crippen molar-refractivity contribution in [1.29, 1.82) is 0 Å². The molecule has 2 aromatic rings. The molecular formula is C12H19N5. The molecule has 0 unspecified atom stereocenters. The average molecular weight is 233 g/mol. The molecule has 0 saturated heterocycles. The van der Waals surface area contributed by atoms with Crippen molar-refractivity contribution in [2.45, 2.75) is 40.0 Å². The Bertz CT molecular complexity index is 415. The second-order valence-electron chi connectivity index (χ2n) is 3.97. The molecule has 0 fully saturated rings. The zero-order valence-corrected chi connectivity index (χ0v) is 10.4. The van der Waals surface area contributed by atoms with Gasteiger partial charge in [-0.1, -0.05) is 0 Å². The lowest BCUT2D eigenvalue weighted by atomic mass is 10.3. The fourth-order valence-corrected chi connectivity index (χ4v) is 1.68. The van der Waals surface area contributed by atoms with Crippen molar-refractivity contribution >= 4 is 0 Å². The molecule has 2 aromatic heterocycles. The van der Waals surface area contributed by atoms with Crippen LogP contribution in [0.2, 0.25) is 0 Å². The van der Waals surface area contributed by atoms with Crippen LogP contribution in [-0.4, -0.2) is 19.6 Å². The minimum Gasteiger partial charge on any atom is -0.307 e. The molecule has 0 spiro atoms. The van der Waals surface area contributed by atoms with Crippen LogP contribution in [0.1, 0.15) is 25.1 Å². The van der Waals surface area contributed by atoms with Crippen molar-refractivity contribution in [3.8, 4) is 0 Å². The molecule has 5 nitrogen and oxygen atoms in total. The van der Waals surface area contributed by atoms with Crippen molar-refractivity contribution in [3.63, 3.8) is 0 Å². The Kier molecular flexibility index (Phi) is 3.93. The summed E-state index contributed by atoms with van der Waals surface area (Å²) in [6.45, 7) is 7.64. The first-order chi connectivity index (χ1) is 8.31. The van der Waals surface area contributed by atoms with E-state index in [2.05, 4.69) is 35.6 Å². The van der Waals surface area contributed by atoms with Crippen molar-refractivity contribution in [3.05, 3.63) is 35.9 Å². The van der Waals surface area contributed by atoms with Gasteiger partial charge in [0.15, 0.2) is 0 Å². The highest BCUT2D eigenvalue weighted by atomic mass is 15.3. The molecule has 0 bridgehead atoms. The van der Waals surface area contributed by atoms with Crippen molar-refractivity contribution < 1.29 is 0 Å². The van der Waals surface area contributed by atoms with Gasteiger partial charge in [-0.05, 0) is 19.9 Å². The largest absolute Gasteiger partial charge is 0.307 e. The molecule has 0 atom stereocenters. The van der Waals surface area contributed by atoms with E-state index >= 15 is 0 Å². The van der Waals surface area contributed by atoms with Gasteiger partial charge in [-0.2, -0.15) is 10.2 Å². The second-order valence-corrected chi connectivity index (χ2v) is 3.97. The average Bonchev–Trinajstić information content (AvgIpc) is 2.97. The lowest BCUT2D eigenvalue weighted by Gasteiger charge is -2.00. The van der Waals surface area contributed by atoms with Gasteiger partial charge >= 0.3 is 0 Å². The van der Waals surface area contributed by atoms with Gasteiger partial charge in [-0.3, -0.25) is 9.36 Å². The number of aromatic nitrogens is 4. The first-order valence-electron chi connectivity index (χ1n) is 6.06. The number of hydrogen-bond acceptors (Lipinski definition) is 3. The fourth-order valence-electron chi connectivity index (χ4n) is 1.68. The van der Waals surface area contributed by atoms with Crippen molar-refractivity contribution in [2.24, 2.45) is 0 Å². The molecular weight excluding hydrogens is 214 g/mol. The number of aryl methyl sites for hydroxylation is 2. The number of nitrogens with one attached hydrogen (secondary N) is 1. The Morgan fingerprint density at radius 3 is 2.65 bits per heavy atom. The summed E-state index contributed by atoms with van der Waals surface area (Å²) >= 11 is 0. The van der Waals surface area contributed by atoms with Gasteiger partial charge in [0, 0.05) is 44.1 Å². The zero-order chi connectivity index (χ0) is 12.1. The normalized spacial score (nSPS) is 10.9. The van der Waals surface area contributed by atoms with E-state index in [1.54, 1.807) is 0 Å². The highest BCUT2D eigenvalue weighted by Gasteiger charge is 1.99. The molecule has 0 saturated carbocycles. The van der Waals surface area contributed by atoms with Crippen LogP contribution < -0.4 is 5.32 Å². The third kappa shape index (κ3) is 3.17. The Hall–Kier alpha value is -1.62. The Balaban J connectivity index is 1.79. The van der Waals surface area contributed by atoms with Gasteiger partial charge in [0.1, 0.15) is 0 Å². The van der Waals surface area contributed by atoms with Crippen LogP contribution >= 0.6 is 0 Å². The minimum absolute atomic E-state index is 0.796. The SMILES string of the molecule is CCn1cc(CNCc2ccn(CC)n2)cn1. The van der Waals surface area contributed by atoms with Crippen LogP contribution in [0.4, 0.5) is 0 Å². The highest BCUT2D eigenvalue weighted by Crippen LogP contribution is 1.99. The summed E-state index contributed by atoms with van der Waals surface area (Å²) in [7, 11) is 0. The fraction of sp³-hybridized carbons (Fsp3) is 0.500. The van der Waals surface area contributed by atoms with Crippen molar-refractivity contribution in [1.82, 2.24) is 24.9 Å². The maximum absolute atomic E-state index is 4.41. The number of hydrogen-bond donors (Lipinski definition) is 1. The summed E-state index contributed by atoms with van der Waals surface area (Å²) in [5.41, 5.74) is 2.29. The lowest BCUT2D eigenvalue weighted by molar-refractivity contribution is 0.619. The zero-order valence-electron chi connectivity index (χ0n) is 10.4. The van der Waals surface area contributed by atoms with Crippen LogP contribution in [0.25, 0.3) is 0 Å². The van der Waals surface area contributed by atoms with Crippen LogP contribution in [0.15, 0.2) is 24.7 Å². The van der Waals surface area contributed by atoms with E-state index in [0.717, 1.165) is 31.9 Å². The smallest absolute Gasteiger partial charge is 0.0762 e. The molecule has 0 aliphatic rings. The summed E-state index contributed by atoms with van der Waals surface area (Å²) in [5.74, 6) is 0. The molecule has 0 amide bonds. The summed E-state index contributed by atoms with van der Waals surface area (Å²) in [5, 5.41) is 12.0. The monoisotopic (exact) mass is 233 g/mol. The topological polar surface area (TPSA) is 47.7 Å². The highest BCUT2D eigenvalue weighted by molar-refractivity contribution is 5.04. The molecule has 0 aliphatic heterocycles. The van der Waals surface area contributed by atoms with Gasteiger partial charge in [-0.15, -0.1) is 0 Å². The minimum atomic E-state index is 0.796.